The van der Waals surface area contributed by atoms with E-state index < -0.39 is 6.43 Å². The summed E-state index contributed by atoms with van der Waals surface area (Å²) in [6.45, 7) is 1.98. The Morgan fingerprint density at radius 2 is 2.29 bits per heavy atom. The summed E-state index contributed by atoms with van der Waals surface area (Å²) >= 11 is 6.98. The van der Waals surface area contributed by atoms with Crippen LogP contribution < -0.4 is 5.32 Å². The molecular weight excluding hydrogens is 316 g/mol. The number of halogens is 3. The zero-order valence-corrected chi connectivity index (χ0v) is 11.6. The molecule has 0 atom stereocenters. The number of carbonyl (C=O) groups excluding carboxylic acids is 1. The van der Waals surface area contributed by atoms with E-state index in [1.54, 1.807) is 6.92 Å². The Morgan fingerprint density at radius 3 is 2.76 bits per heavy atom. The van der Waals surface area contributed by atoms with E-state index in [1.807, 2.05) is 0 Å². The summed E-state index contributed by atoms with van der Waals surface area (Å²) in [4.78, 5) is 11.4. The van der Waals surface area contributed by atoms with Gasteiger partial charge in [0.05, 0.1) is 10.2 Å². The van der Waals surface area contributed by atoms with Gasteiger partial charge in [0.2, 0.25) is 5.91 Å². The Bertz CT molecular complexity index is 411. The van der Waals surface area contributed by atoms with E-state index in [9.17, 15) is 13.6 Å². The van der Waals surface area contributed by atoms with E-state index in [1.165, 1.54) is 4.68 Å². The molecular formula is C9H12BrF2N3OS. The topological polar surface area (TPSA) is 46.9 Å². The fourth-order valence-electron chi connectivity index (χ4n) is 1.23. The second-order valence-electron chi connectivity index (χ2n) is 3.32. The molecule has 96 valence electrons. The Balaban J connectivity index is 2.78. The first-order valence-corrected chi connectivity index (χ1v) is 6.28. The summed E-state index contributed by atoms with van der Waals surface area (Å²) < 4.78 is 26.6. The highest BCUT2D eigenvalue weighted by molar-refractivity contribution is 9.10. The number of nitrogens with one attached hydrogen (secondary N) is 1. The fraction of sp³-hybridized carbons (Fsp3) is 0.556. The number of alkyl halides is 2. The highest BCUT2D eigenvalue weighted by atomic mass is 79.9. The van der Waals surface area contributed by atoms with Gasteiger partial charge in [0.1, 0.15) is 12.2 Å². The molecule has 0 unspecified atom stereocenters. The second kappa shape index (κ2) is 6.34. The molecule has 0 aromatic carbocycles. The molecule has 0 saturated carbocycles. The van der Waals surface area contributed by atoms with Crippen molar-refractivity contribution in [2.75, 3.05) is 12.3 Å². The molecule has 1 rings (SSSR count). The van der Waals surface area contributed by atoms with Crippen LogP contribution in [0, 0.1) is 6.92 Å². The van der Waals surface area contributed by atoms with Gasteiger partial charge in [-0.3, -0.25) is 9.48 Å². The van der Waals surface area contributed by atoms with Crippen molar-refractivity contribution in [2.45, 2.75) is 19.9 Å². The van der Waals surface area contributed by atoms with E-state index in [0.717, 1.165) is 0 Å². The van der Waals surface area contributed by atoms with Crippen LogP contribution in [0.15, 0.2) is 4.47 Å². The molecule has 17 heavy (non-hydrogen) atoms. The van der Waals surface area contributed by atoms with Gasteiger partial charge in [-0.1, -0.05) is 0 Å². The summed E-state index contributed by atoms with van der Waals surface area (Å²) in [5.41, 5.74) is 0.158. The maximum atomic E-state index is 12.5. The lowest BCUT2D eigenvalue weighted by Crippen LogP contribution is -2.29. The van der Waals surface area contributed by atoms with E-state index >= 15 is 0 Å². The van der Waals surface area contributed by atoms with Crippen molar-refractivity contribution in [2.24, 2.45) is 0 Å². The highest BCUT2D eigenvalue weighted by Crippen LogP contribution is 2.28. The molecule has 0 aliphatic carbocycles. The Morgan fingerprint density at radius 1 is 1.65 bits per heavy atom. The molecule has 0 aliphatic rings. The van der Waals surface area contributed by atoms with Gasteiger partial charge in [-0.25, -0.2) is 8.78 Å². The molecule has 0 spiro atoms. The number of aromatic nitrogens is 2. The average Bonchev–Trinajstić information content (AvgIpc) is 2.55. The summed E-state index contributed by atoms with van der Waals surface area (Å²) in [5, 5.41) is 6.28. The van der Waals surface area contributed by atoms with Gasteiger partial charge < -0.3 is 5.32 Å². The molecule has 0 saturated heterocycles. The minimum atomic E-state index is -2.66. The third-order valence-corrected chi connectivity index (χ3v) is 3.30. The molecule has 1 heterocycles. The van der Waals surface area contributed by atoms with Gasteiger partial charge in [-0.2, -0.15) is 17.7 Å². The maximum Gasteiger partial charge on any atom is 0.283 e. The molecule has 0 radical (unpaired) electrons. The lowest BCUT2D eigenvalue weighted by Gasteiger charge is -2.05. The van der Waals surface area contributed by atoms with Gasteiger partial charge in [0.15, 0.2) is 0 Å². The minimum Gasteiger partial charge on any atom is -0.354 e. The third kappa shape index (κ3) is 3.67. The normalized spacial score (nSPS) is 10.9. The number of thiol groups is 1. The van der Waals surface area contributed by atoms with Gasteiger partial charge in [0.25, 0.3) is 6.43 Å². The second-order valence-corrected chi connectivity index (χ2v) is 4.56. The van der Waals surface area contributed by atoms with E-state index in [4.69, 9.17) is 0 Å². The predicted octanol–water partition coefficient (Wildman–Crippen LogP) is 1.94. The Kier molecular flexibility index (Phi) is 5.38. The lowest BCUT2D eigenvalue weighted by molar-refractivity contribution is -0.121. The first-order valence-electron chi connectivity index (χ1n) is 4.85. The van der Waals surface area contributed by atoms with Gasteiger partial charge in [0, 0.05) is 12.3 Å². The van der Waals surface area contributed by atoms with Gasteiger partial charge >= 0.3 is 0 Å². The smallest absolute Gasteiger partial charge is 0.283 e. The molecule has 0 bridgehead atoms. The number of carbonyl (C=O) groups is 1. The van der Waals surface area contributed by atoms with Crippen LogP contribution >= 0.6 is 28.6 Å². The zero-order chi connectivity index (χ0) is 13.0. The molecule has 1 aromatic rings. The van der Waals surface area contributed by atoms with Crippen molar-refractivity contribution < 1.29 is 13.6 Å². The van der Waals surface area contributed by atoms with Crippen LogP contribution in [0.5, 0.6) is 0 Å². The van der Waals surface area contributed by atoms with Crippen LogP contribution in [-0.4, -0.2) is 28.0 Å². The van der Waals surface area contributed by atoms with Crippen molar-refractivity contribution in [3.05, 3.63) is 15.9 Å². The first-order chi connectivity index (χ1) is 7.97. The van der Waals surface area contributed by atoms with E-state index in [0.29, 0.717) is 18.0 Å². The molecule has 1 aromatic heterocycles. The quantitative estimate of drug-likeness (QED) is 0.812. The molecule has 1 N–H and O–H groups in total. The highest BCUT2D eigenvalue weighted by Gasteiger charge is 2.20. The van der Waals surface area contributed by atoms with Crippen LogP contribution in [0.1, 0.15) is 17.8 Å². The third-order valence-electron chi connectivity index (χ3n) is 2.09. The average molecular weight is 328 g/mol. The number of nitrogens with zero attached hydrogens (tertiary/aromatic N) is 2. The number of hydrogen-bond acceptors (Lipinski definition) is 3. The van der Waals surface area contributed by atoms with Crippen LogP contribution in [0.4, 0.5) is 8.78 Å². The van der Waals surface area contributed by atoms with Crippen molar-refractivity contribution in [1.29, 1.82) is 0 Å². The van der Waals surface area contributed by atoms with E-state index in [-0.39, 0.29) is 22.6 Å². The van der Waals surface area contributed by atoms with Crippen LogP contribution in [0.2, 0.25) is 0 Å². The first kappa shape index (κ1) is 14.4. The SMILES string of the molecule is Cc1c(Br)c(C(F)F)nn1CC(=O)NCCS. The van der Waals surface area contributed by atoms with E-state index in [2.05, 4.69) is 39.0 Å². The zero-order valence-electron chi connectivity index (χ0n) is 9.08. The van der Waals surface area contributed by atoms with Crippen LogP contribution in [0.25, 0.3) is 0 Å². The summed E-state index contributed by atoms with van der Waals surface area (Å²) in [6.07, 6.45) is -2.66. The van der Waals surface area contributed by atoms with Crippen LogP contribution in [-0.2, 0) is 11.3 Å². The Hall–Kier alpha value is -0.630. The van der Waals surface area contributed by atoms with Crippen molar-refractivity contribution in [1.82, 2.24) is 15.1 Å². The van der Waals surface area contributed by atoms with Gasteiger partial charge in [-0.15, -0.1) is 0 Å². The molecule has 1 amide bonds. The monoisotopic (exact) mass is 327 g/mol. The van der Waals surface area contributed by atoms with Gasteiger partial charge in [-0.05, 0) is 22.9 Å². The molecule has 8 heteroatoms. The largest absolute Gasteiger partial charge is 0.354 e. The van der Waals surface area contributed by atoms with Crippen molar-refractivity contribution >= 4 is 34.5 Å². The number of hydrogen-bond donors (Lipinski definition) is 2. The Labute approximate surface area is 111 Å². The number of amides is 1. The summed E-state index contributed by atoms with van der Waals surface area (Å²) in [5.74, 6) is 0.244. The predicted molar refractivity (Wildman–Crippen MR) is 66.5 cm³/mol. The van der Waals surface area contributed by atoms with Crippen molar-refractivity contribution in [3.8, 4) is 0 Å². The summed E-state index contributed by atoms with van der Waals surface area (Å²) in [7, 11) is 0. The lowest BCUT2D eigenvalue weighted by atomic mass is 10.4. The fourth-order valence-corrected chi connectivity index (χ4v) is 1.80. The van der Waals surface area contributed by atoms with Crippen molar-refractivity contribution in [3.63, 3.8) is 0 Å². The maximum absolute atomic E-state index is 12.5. The molecule has 0 aliphatic heterocycles. The standard InChI is InChI=1S/C9H12BrF2N3OS/c1-5-7(10)8(9(11)12)14-15(5)4-6(16)13-2-3-17/h9,17H,2-4H2,1H3,(H,13,16). The number of rotatable bonds is 5. The summed E-state index contributed by atoms with van der Waals surface area (Å²) in [6, 6.07) is 0. The molecule has 0 fully saturated rings. The minimum absolute atomic E-state index is 0.0784. The molecule has 4 nitrogen and oxygen atoms in total. The van der Waals surface area contributed by atoms with Crippen LogP contribution in [0.3, 0.4) is 0 Å².